The molecular formula is C23H23F3N6O3. The summed E-state index contributed by atoms with van der Waals surface area (Å²) < 4.78 is 39.8. The third-order valence-corrected chi connectivity index (χ3v) is 5.80. The molecule has 0 saturated heterocycles. The van der Waals surface area contributed by atoms with E-state index in [2.05, 4.69) is 20.4 Å². The maximum absolute atomic E-state index is 13.1. The van der Waals surface area contributed by atoms with Gasteiger partial charge in [-0.3, -0.25) is 14.6 Å². The van der Waals surface area contributed by atoms with Gasteiger partial charge >= 0.3 is 6.18 Å². The average molecular weight is 488 g/mol. The lowest BCUT2D eigenvalue weighted by atomic mass is 10.1. The van der Waals surface area contributed by atoms with Gasteiger partial charge < -0.3 is 15.3 Å². The normalized spacial score (nSPS) is 15.2. The average Bonchev–Trinajstić information content (AvgIpc) is 3.42. The second kappa shape index (κ2) is 9.10. The molecule has 0 saturated carbocycles. The summed E-state index contributed by atoms with van der Waals surface area (Å²) in [4.78, 5) is 35.6. The Morgan fingerprint density at radius 1 is 1.26 bits per heavy atom. The van der Waals surface area contributed by atoms with Gasteiger partial charge in [0, 0.05) is 42.8 Å². The molecule has 184 valence electrons. The van der Waals surface area contributed by atoms with E-state index in [-0.39, 0.29) is 30.5 Å². The Kier molecular flexibility index (Phi) is 6.32. The molecular weight excluding hydrogens is 465 g/mol. The molecule has 2 atom stereocenters. The molecule has 4 heterocycles. The minimum atomic E-state index is -4.51. The van der Waals surface area contributed by atoms with Crippen LogP contribution >= 0.6 is 0 Å². The van der Waals surface area contributed by atoms with Gasteiger partial charge in [0.15, 0.2) is 5.82 Å². The van der Waals surface area contributed by atoms with Gasteiger partial charge in [0.25, 0.3) is 11.8 Å². The van der Waals surface area contributed by atoms with E-state index in [0.717, 1.165) is 17.1 Å². The zero-order chi connectivity index (χ0) is 25.5. The number of nitrogens with zero attached hydrogens (tertiary/aromatic N) is 5. The Balaban J connectivity index is 1.57. The minimum Gasteiger partial charge on any atom is -0.392 e. The summed E-state index contributed by atoms with van der Waals surface area (Å²) in [5.74, 6) is -0.513. The highest BCUT2D eigenvalue weighted by molar-refractivity contribution is 6.03. The fraction of sp³-hybridized carbons (Fsp3) is 0.348. The Labute approximate surface area is 198 Å². The van der Waals surface area contributed by atoms with Crippen molar-refractivity contribution < 1.29 is 27.9 Å². The van der Waals surface area contributed by atoms with Crippen molar-refractivity contribution in [3.05, 3.63) is 70.4 Å². The zero-order valence-electron chi connectivity index (χ0n) is 19.2. The zero-order valence-corrected chi connectivity index (χ0v) is 19.2. The van der Waals surface area contributed by atoms with Crippen LogP contribution in [0, 0.1) is 6.92 Å². The van der Waals surface area contributed by atoms with Crippen LogP contribution in [0.4, 0.5) is 13.2 Å². The van der Waals surface area contributed by atoms with Crippen LogP contribution in [0.2, 0.25) is 0 Å². The fourth-order valence-corrected chi connectivity index (χ4v) is 3.90. The molecule has 9 nitrogen and oxygen atoms in total. The summed E-state index contributed by atoms with van der Waals surface area (Å²) >= 11 is 0. The number of nitrogens with one attached hydrogen (secondary N) is 1. The van der Waals surface area contributed by atoms with Crippen LogP contribution in [0.25, 0.3) is 5.82 Å². The standard InChI is InChI=1S/C23H23F3N6O3/c1-12-6-15(8-28-20(12)32-10-16(9-30-32)23(24,25)26)14(3)31-11-18-17(22(31)35)4-5-27-19(18)21(34)29-7-13(2)33/h4-6,8-10,13-14,33H,7,11H2,1-3H3,(H,29,34)/t13-,14?/m1/s1. The monoisotopic (exact) mass is 488 g/mol. The molecule has 1 unspecified atom stereocenters. The van der Waals surface area contributed by atoms with E-state index < -0.39 is 29.8 Å². The highest BCUT2D eigenvalue weighted by Crippen LogP contribution is 2.33. The number of rotatable bonds is 6. The van der Waals surface area contributed by atoms with Gasteiger partial charge in [0.1, 0.15) is 5.69 Å². The van der Waals surface area contributed by atoms with E-state index in [1.54, 1.807) is 37.8 Å². The van der Waals surface area contributed by atoms with Gasteiger partial charge in [-0.1, -0.05) is 0 Å². The molecule has 0 spiro atoms. The quantitative estimate of drug-likeness (QED) is 0.552. The molecule has 3 aromatic heterocycles. The van der Waals surface area contributed by atoms with Crippen molar-refractivity contribution in [1.29, 1.82) is 0 Å². The van der Waals surface area contributed by atoms with Crippen LogP contribution in [0.1, 0.15) is 63.0 Å². The first-order valence-electron chi connectivity index (χ1n) is 10.8. The molecule has 3 aromatic rings. The lowest BCUT2D eigenvalue weighted by molar-refractivity contribution is -0.137. The van der Waals surface area contributed by atoms with Crippen molar-refractivity contribution in [2.75, 3.05) is 6.54 Å². The van der Waals surface area contributed by atoms with Crippen molar-refractivity contribution in [3.63, 3.8) is 0 Å². The fourth-order valence-electron chi connectivity index (χ4n) is 3.90. The summed E-state index contributed by atoms with van der Waals surface area (Å²) in [6.07, 6.45) is -0.743. The van der Waals surface area contributed by atoms with Gasteiger partial charge in [0.05, 0.1) is 23.9 Å². The second-order valence-electron chi connectivity index (χ2n) is 8.43. The second-order valence-corrected chi connectivity index (χ2v) is 8.43. The predicted octanol–water partition coefficient (Wildman–Crippen LogP) is 2.82. The van der Waals surface area contributed by atoms with E-state index in [0.29, 0.717) is 22.3 Å². The lowest BCUT2D eigenvalue weighted by Gasteiger charge is -2.25. The van der Waals surface area contributed by atoms with Crippen molar-refractivity contribution >= 4 is 11.8 Å². The first-order valence-corrected chi connectivity index (χ1v) is 10.8. The largest absolute Gasteiger partial charge is 0.419 e. The number of aryl methyl sites for hydroxylation is 1. The van der Waals surface area contributed by atoms with Gasteiger partial charge in [-0.15, -0.1) is 0 Å². The molecule has 1 aliphatic rings. The number of aliphatic hydroxyl groups excluding tert-OH is 1. The number of carbonyl (C=O) groups excluding carboxylic acids is 2. The van der Waals surface area contributed by atoms with E-state index in [1.165, 1.54) is 12.4 Å². The first-order chi connectivity index (χ1) is 16.5. The number of hydrogen-bond donors (Lipinski definition) is 2. The number of amides is 2. The minimum absolute atomic E-state index is 0.0518. The van der Waals surface area contributed by atoms with Crippen LogP contribution in [-0.2, 0) is 12.7 Å². The van der Waals surface area contributed by atoms with Crippen molar-refractivity contribution in [1.82, 2.24) is 30.0 Å². The maximum Gasteiger partial charge on any atom is 0.419 e. The molecule has 0 aliphatic carbocycles. The topological polar surface area (TPSA) is 113 Å². The van der Waals surface area contributed by atoms with Crippen LogP contribution in [0.5, 0.6) is 0 Å². The number of aromatic nitrogens is 4. The number of fused-ring (bicyclic) bond motifs is 1. The predicted molar refractivity (Wildman–Crippen MR) is 118 cm³/mol. The summed E-state index contributed by atoms with van der Waals surface area (Å²) in [6.45, 7) is 5.24. The molecule has 2 amide bonds. The number of hydrogen-bond acceptors (Lipinski definition) is 6. The highest BCUT2D eigenvalue weighted by atomic mass is 19.4. The molecule has 12 heteroatoms. The van der Waals surface area contributed by atoms with Crippen molar-refractivity contribution in [3.8, 4) is 5.82 Å². The Bertz CT molecular complexity index is 1290. The Morgan fingerprint density at radius 2 is 2.00 bits per heavy atom. The molecule has 4 rings (SSSR count). The number of carbonyl (C=O) groups is 2. The number of alkyl halides is 3. The number of pyridine rings is 2. The summed E-state index contributed by atoms with van der Waals surface area (Å²) in [6, 6.07) is 2.86. The van der Waals surface area contributed by atoms with Gasteiger partial charge in [-0.25, -0.2) is 9.67 Å². The van der Waals surface area contributed by atoms with E-state index in [9.17, 15) is 27.9 Å². The van der Waals surface area contributed by atoms with Crippen LogP contribution < -0.4 is 5.32 Å². The number of aliphatic hydroxyl groups is 1. The van der Waals surface area contributed by atoms with Gasteiger partial charge in [0.2, 0.25) is 0 Å². The van der Waals surface area contributed by atoms with Crippen molar-refractivity contribution in [2.24, 2.45) is 0 Å². The van der Waals surface area contributed by atoms with Gasteiger partial charge in [-0.2, -0.15) is 18.3 Å². The van der Waals surface area contributed by atoms with Crippen molar-refractivity contribution in [2.45, 2.75) is 45.6 Å². The molecule has 0 aromatic carbocycles. The van der Waals surface area contributed by atoms with Crippen LogP contribution in [-0.4, -0.2) is 54.2 Å². The van der Waals surface area contributed by atoms with E-state index in [4.69, 9.17) is 0 Å². The lowest BCUT2D eigenvalue weighted by Crippen LogP contribution is -2.32. The summed E-state index contributed by atoms with van der Waals surface area (Å²) in [5.41, 5.74) is 1.35. The first kappa shape index (κ1) is 24.3. The molecule has 0 bridgehead atoms. The molecule has 2 N–H and O–H groups in total. The summed E-state index contributed by atoms with van der Waals surface area (Å²) in [5, 5.41) is 15.8. The van der Waals surface area contributed by atoms with Crippen LogP contribution in [0.3, 0.4) is 0 Å². The third kappa shape index (κ3) is 4.74. The Morgan fingerprint density at radius 3 is 2.63 bits per heavy atom. The molecule has 1 aliphatic heterocycles. The highest BCUT2D eigenvalue weighted by Gasteiger charge is 2.35. The van der Waals surface area contributed by atoms with Crippen LogP contribution in [0.15, 0.2) is 36.9 Å². The Hall–Kier alpha value is -3.80. The smallest absolute Gasteiger partial charge is 0.392 e. The third-order valence-electron chi connectivity index (χ3n) is 5.80. The van der Waals surface area contributed by atoms with E-state index >= 15 is 0 Å². The van der Waals surface area contributed by atoms with Gasteiger partial charge in [-0.05, 0) is 44.0 Å². The molecule has 0 radical (unpaired) electrons. The molecule has 0 fully saturated rings. The maximum atomic E-state index is 13.1. The molecule has 35 heavy (non-hydrogen) atoms. The SMILES string of the molecule is Cc1cc(C(C)N2Cc3c(ccnc3C(=O)NC[C@@H](C)O)C2=O)cnc1-n1cc(C(F)(F)F)cn1. The summed E-state index contributed by atoms with van der Waals surface area (Å²) in [7, 11) is 0. The van der Waals surface area contributed by atoms with E-state index in [1.807, 2.05) is 0 Å². The number of halogens is 3.